The number of hydrogen-bond acceptors (Lipinski definition) is 2. The second-order valence-electron chi connectivity index (χ2n) is 5.31. The molecule has 1 heterocycles. The van der Waals surface area contributed by atoms with Crippen LogP contribution in [0, 0.1) is 19.8 Å². The molecule has 0 aliphatic carbocycles. The Balaban J connectivity index is 2.04. The van der Waals surface area contributed by atoms with Gasteiger partial charge in [0.25, 0.3) is 0 Å². The molecule has 2 atom stereocenters. The zero-order chi connectivity index (χ0) is 13.1. The van der Waals surface area contributed by atoms with Crippen molar-refractivity contribution in [2.24, 2.45) is 5.92 Å². The van der Waals surface area contributed by atoms with Crippen LogP contribution in [0.3, 0.4) is 0 Å². The lowest BCUT2D eigenvalue weighted by molar-refractivity contribution is -0.120. The molecule has 0 spiro atoms. The minimum atomic E-state index is 0.140. The summed E-state index contributed by atoms with van der Waals surface area (Å²) in [5, 5.41) is 6.45. The van der Waals surface area contributed by atoms with Gasteiger partial charge in [-0.2, -0.15) is 0 Å². The van der Waals surface area contributed by atoms with E-state index in [1.54, 1.807) is 0 Å². The van der Waals surface area contributed by atoms with Crippen LogP contribution in [-0.4, -0.2) is 18.5 Å². The van der Waals surface area contributed by atoms with Gasteiger partial charge >= 0.3 is 0 Å². The average molecular weight is 246 g/mol. The molecule has 0 saturated carbocycles. The van der Waals surface area contributed by atoms with Crippen LogP contribution in [-0.2, 0) is 4.79 Å². The molecule has 1 aliphatic rings. The van der Waals surface area contributed by atoms with Gasteiger partial charge in [-0.3, -0.25) is 4.79 Å². The molecule has 0 bridgehead atoms. The van der Waals surface area contributed by atoms with Crippen molar-refractivity contribution in [2.45, 2.75) is 39.7 Å². The van der Waals surface area contributed by atoms with Crippen molar-refractivity contribution >= 4 is 11.6 Å². The standard InChI is InChI=1S/C15H22N2O/c1-10-5-4-6-14(12(10)3)17-15(18)13-7-8-16-11(2)9-13/h4-6,11,13,16H,7-9H2,1-3H3,(H,17,18). The topological polar surface area (TPSA) is 41.1 Å². The molecule has 1 fully saturated rings. The Bertz CT molecular complexity index is 442. The lowest BCUT2D eigenvalue weighted by atomic mass is 9.92. The van der Waals surface area contributed by atoms with Gasteiger partial charge in [0, 0.05) is 17.6 Å². The van der Waals surface area contributed by atoms with Gasteiger partial charge in [0.15, 0.2) is 0 Å². The van der Waals surface area contributed by atoms with Crippen molar-refractivity contribution < 1.29 is 4.79 Å². The average Bonchev–Trinajstić information content (AvgIpc) is 2.35. The van der Waals surface area contributed by atoms with Crippen molar-refractivity contribution in [1.29, 1.82) is 0 Å². The van der Waals surface area contributed by atoms with Gasteiger partial charge in [-0.1, -0.05) is 12.1 Å². The largest absolute Gasteiger partial charge is 0.326 e. The maximum absolute atomic E-state index is 12.2. The summed E-state index contributed by atoms with van der Waals surface area (Å²) in [6.45, 7) is 7.19. The van der Waals surface area contributed by atoms with Gasteiger partial charge in [0.2, 0.25) is 5.91 Å². The molecule has 0 aromatic heterocycles. The number of anilines is 1. The van der Waals surface area contributed by atoms with Crippen molar-refractivity contribution in [3.8, 4) is 0 Å². The van der Waals surface area contributed by atoms with Crippen molar-refractivity contribution in [1.82, 2.24) is 5.32 Å². The molecule has 0 radical (unpaired) electrons. The predicted molar refractivity (Wildman–Crippen MR) is 74.7 cm³/mol. The number of rotatable bonds is 2. The number of hydrogen-bond donors (Lipinski definition) is 2. The van der Waals surface area contributed by atoms with E-state index in [0.717, 1.165) is 30.6 Å². The highest BCUT2D eigenvalue weighted by atomic mass is 16.1. The first-order chi connectivity index (χ1) is 8.58. The van der Waals surface area contributed by atoms with Gasteiger partial charge in [-0.05, 0) is 57.4 Å². The number of nitrogens with one attached hydrogen (secondary N) is 2. The Morgan fingerprint density at radius 3 is 2.89 bits per heavy atom. The molecule has 2 rings (SSSR count). The lowest BCUT2D eigenvalue weighted by Gasteiger charge is -2.27. The van der Waals surface area contributed by atoms with Crippen LogP contribution in [0.15, 0.2) is 18.2 Å². The molecule has 1 saturated heterocycles. The smallest absolute Gasteiger partial charge is 0.227 e. The number of carbonyl (C=O) groups excluding carboxylic acids is 1. The Morgan fingerprint density at radius 2 is 2.17 bits per heavy atom. The van der Waals surface area contributed by atoms with Crippen molar-refractivity contribution in [3.05, 3.63) is 29.3 Å². The fourth-order valence-electron chi connectivity index (χ4n) is 2.49. The van der Waals surface area contributed by atoms with E-state index in [0.29, 0.717) is 6.04 Å². The van der Waals surface area contributed by atoms with Crippen LogP contribution >= 0.6 is 0 Å². The summed E-state index contributed by atoms with van der Waals surface area (Å²) < 4.78 is 0. The van der Waals surface area contributed by atoms with E-state index in [4.69, 9.17) is 0 Å². The summed E-state index contributed by atoms with van der Waals surface area (Å²) in [5.41, 5.74) is 3.32. The van der Waals surface area contributed by atoms with Gasteiger partial charge < -0.3 is 10.6 Å². The van der Waals surface area contributed by atoms with Crippen molar-refractivity contribution in [2.75, 3.05) is 11.9 Å². The fraction of sp³-hybridized carbons (Fsp3) is 0.533. The van der Waals surface area contributed by atoms with Gasteiger partial charge in [0.05, 0.1) is 0 Å². The molecular formula is C15H22N2O. The maximum Gasteiger partial charge on any atom is 0.227 e. The third kappa shape index (κ3) is 2.91. The number of piperidine rings is 1. The van der Waals surface area contributed by atoms with E-state index in [1.807, 2.05) is 12.1 Å². The second-order valence-corrected chi connectivity index (χ2v) is 5.31. The van der Waals surface area contributed by atoms with Crippen LogP contribution in [0.5, 0.6) is 0 Å². The lowest BCUT2D eigenvalue weighted by Crippen LogP contribution is -2.40. The fourth-order valence-corrected chi connectivity index (χ4v) is 2.49. The molecule has 1 aliphatic heterocycles. The van der Waals surface area contributed by atoms with Crippen LogP contribution in [0.1, 0.15) is 30.9 Å². The molecule has 3 nitrogen and oxygen atoms in total. The number of benzene rings is 1. The van der Waals surface area contributed by atoms with Gasteiger partial charge in [0.1, 0.15) is 0 Å². The van der Waals surface area contributed by atoms with E-state index >= 15 is 0 Å². The zero-order valence-corrected chi connectivity index (χ0v) is 11.4. The molecular weight excluding hydrogens is 224 g/mol. The Hall–Kier alpha value is -1.35. The summed E-state index contributed by atoms with van der Waals surface area (Å²) in [7, 11) is 0. The number of amides is 1. The summed E-state index contributed by atoms with van der Waals surface area (Å²) in [5.74, 6) is 0.304. The maximum atomic E-state index is 12.2. The van der Waals surface area contributed by atoms with Crippen LogP contribution in [0.2, 0.25) is 0 Å². The highest BCUT2D eigenvalue weighted by molar-refractivity contribution is 5.93. The summed E-state index contributed by atoms with van der Waals surface area (Å²) in [6, 6.07) is 6.47. The quantitative estimate of drug-likeness (QED) is 0.842. The summed E-state index contributed by atoms with van der Waals surface area (Å²) in [4.78, 5) is 12.2. The van der Waals surface area contributed by atoms with E-state index in [1.165, 1.54) is 5.56 Å². The normalized spacial score (nSPS) is 23.7. The third-order valence-corrected chi connectivity index (χ3v) is 3.86. The predicted octanol–water partition coefficient (Wildman–Crippen LogP) is 2.63. The minimum Gasteiger partial charge on any atom is -0.326 e. The molecule has 2 N–H and O–H groups in total. The van der Waals surface area contributed by atoms with Gasteiger partial charge in [-0.25, -0.2) is 0 Å². The van der Waals surface area contributed by atoms with Crippen LogP contribution < -0.4 is 10.6 Å². The monoisotopic (exact) mass is 246 g/mol. The Kier molecular flexibility index (Phi) is 4.02. The number of carbonyl (C=O) groups is 1. The van der Waals surface area contributed by atoms with E-state index in [-0.39, 0.29) is 11.8 Å². The molecule has 1 aromatic rings. The first-order valence-electron chi connectivity index (χ1n) is 6.68. The molecule has 98 valence electrons. The Labute approximate surface area is 109 Å². The molecule has 1 aromatic carbocycles. The molecule has 18 heavy (non-hydrogen) atoms. The highest BCUT2D eigenvalue weighted by Crippen LogP contribution is 2.22. The van der Waals surface area contributed by atoms with E-state index in [2.05, 4.69) is 37.5 Å². The third-order valence-electron chi connectivity index (χ3n) is 3.86. The highest BCUT2D eigenvalue weighted by Gasteiger charge is 2.24. The first-order valence-corrected chi connectivity index (χ1v) is 6.68. The van der Waals surface area contributed by atoms with Gasteiger partial charge in [-0.15, -0.1) is 0 Å². The molecule has 1 amide bonds. The number of aryl methyl sites for hydroxylation is 1. The summed E-state index contributed by atoms with van der Waals surface area (Å²) in [6.07, 6.45) is 1.86. The molecule has 2 unspecified atom stereocenters. The van der Waals surface area contributed by atoms with Crippen LogP contribution in [0.4, 0.5) is 5.69 Å². The van der Waals surface area contributed by atoms with E-state index < -0.39 is 0 Å². The first kappa shape index (κ1) is 13.1. The summed E-state index contributed by atoms with van der Waals surface area (Å²) >= 11 is 0. The SMILES string of the molecule is Cc1cccc(NC(=O)C2CCNC(C)C2)c1C. The van der Waals surface area contributed by atoms with Crippen LogP contribution in [0.25, 0.3) is 0 Å². The molecule has 3 heteroatoms. The Morgan fingerprint density at radius 1 is 1.39 bits per heavy atom. The van der Waals surface area contributed by atoms with Crippen molar-refractivity contribution in [3.63, 3.8) is 0 Å². The zero-order valence-electron chi connectivity index (χ0n) is 11.4. The second kappa shape index (κ2) is 5.53. The minimum absolute atomic E-state index is 0.140. The van der Waals surface area contributed by atoms with E-state index in [9.17, 15) is 4.79 Å².